The zero-order valence-electron chi connectivity index (χ0n) is 6.78. The Labute approximate surface area is 81.0 Å². The van der Waals surface area contributed by atoms with Crippen LogP contribution in [0, 0.1) is 0 Å². The maximum atomic E-state index is 12.9. The SMILES string of the molecule is CN=C1C(Cl)=C(NO)C(F)(F)C1(F)F. The van der Waals surface area contributed by atoms with Crippen LogP contribution < -0.4 is 5.48 Å². The number of halogens is 5. The fraction of sp³-hybridized carbons (Fsp3) is 0.500. The maximum Gasteiger partial charge on any atom is 0.359 e. The van der Waals surface area contributed by atoms with Crippen molar-refractivity contribution >= 4 is 17.3 Å². The van der Waals surface area contributed by atoms with Crippen LogP contribution >= 0.6 is 11.6 Å². The van der Waals surface area contributed by atoms with Crippen molar-refractivity contribution in [2.45, 2.75) is 11.8 Å². The lowest BCUT2D eigenvalue weighted by molar-refractivity contribution is -0.143. The topological polar surface area (TPSA) is 44.6 Å². The van der Waals surface area contributed by atoms with Gasteiger partial charge >= 0.3 is 11.8 Å². The molecule has 0 bridgehead atoms. The summed E-state index contributed by atoms with van der Waals surface area (Å²) in [7, 11) is 0.905. The summed E-state index contributed by atoms with van der Waals surface area (Å²) in [5, 5.41) is 7.29. The van der Waals surface area contributed by atoms with Gasteiger partial charge in [-0.2, -0.15) is 17.6 Å². The molecule has 0 spiro atoms. The largest absolute Gasteiger partial charge is 0.359 e. The van der Waals surface area contributed by atoms with Gasteiger partial charge in [-0.15, -0.1) is 0 Å². The molecule has 1 rings (SSSR count). The number of nitrogens with zero attached hydrogens (tertiary/aromatic N) is 1. The summed E-state index contributed by atoms with van der Waals surface area (Å²) < 4.78 is 51.6. The Kier molecular flexibility index (Phi) is 2.49. The molecule has 14 heavy (non-hydrogen) atoms. The van der Waals surface area contributed by atoms with Crippen LogP contribution in [0.2, 0.25) is 0 Å². The van der Waals surface area contributed by atoms with Gasteiger partial charge in [0.15, 0.2) is 0 Å². The Bertz CT molecular complexity index is 326. The molecule has 0 saturated carbocycles. The number of hydrogen-bond acceptors (Lipinski definition) is 3. The minimum Gasteiger partial charge on any atom is -0.291 e. The lowest BCUT2D eigenvalue weighted by atomic mass is 10.2. The summed E-state index contributed by atoms with van der Waals surface area (Å²) in [5.74, 6) is -9.09. The van der Waals surface area contributed by atoms with E-state index in [1.54, 1.807) is 0 Å². The summed E-state index contributed by atoms with van der Waals surface area (Å²) in [6.45, 7) is 0. The van der Waals surface area contributed by atoms with Crippen LogP contribution in [0.3, 0.4) is 0 Å². The molecule has 1 aliphatic rings. The van der Waals surface area contributed by atoms with Crippen LogP contribution in [-0.2, 0) is 0 Å². The average Bonchev–Trinajstić information content (AvgIpc) is 2.16. The molecule has 0 aromatic carbocycles. The number of hydroxylamine groups is 1. The van der Waals surface area contributed by atoms with E-state index in [0.29, 0.717) is 0 Å². The first-order chi connectivity index (χ1) is 6.30. The monoisotopic (exact) mass is 232 g/mol. The van der Waals surface area contributed by atoms with Gasteiger partial charge < -0.3 is 0 Å². The number of aliphatic imine (C=N–C) groups is 1. The van der Waals surface area contributed by atoms with E-state index < -0.39 is 28.3 Å². The third kappa shape index (κ3) is 1.12. The van der Waals surface area contributed by atoms with E-state index in [0.717, 1.165) is 12.5 Å². The van der Waals surface area contributed by atoms with Crippen molar-refractivity contribution in [3.05, 3.63) is 10.7 Å². The standard InChI is InChI=1S/C6H5ClF4N2O/c1-12-3-2(7)4(13-14)6(10,11)5(3,8)9/h13-14H,1H3. The molecule has 2 N–H and O–H groups in total. The second kappa shape index (κ2) is 3.09. The molecule has 0 aromatic rings. The van der Waals surface area contributed by atoms with Crippen LogP contribution in [-0.4, -0.2) is 29.8 Å². The first kappa shape index (κ1) is 11.3. The molecule has 0 fully saturated rings. The molecular weight excluding hydrogens is 228 g/mol. The van der Waals surface area contributed by atoms with Gasteiger partial charge in [0.05, 0.1) is 5.03 Å². The zero-order valence-corrected chi connectivity index (χ0v) is 7.54. The van der Waals surface area contributed by atoms with E-state index in [9.17, 15) is 17.6 Å². The van der Waals surface area contributed by atoms with Gasteiger partial charge in [-0.05, 0) is 0 Å². The molecule has 0 saturated heterocycles. The van der Waals surface area contributed by atoms with Crippen molar-refractivity contribution in [2.75, 3.05) is 7.05 Å². The van der Waals surface area contributed by atoms with Gasteiger partial charge in [0.25, 0.3) is 0 Å². The van der Waals surface area contributed by atoms with Gasteiger partial charge in [0.1, 0.15) is 11.4 Å². The molecular formula is C6H5ClF4N2O. The molecule has 3 nitrogen and oxygen atoms in total. The second-order valence-electron chi connectivity index (χ2n) is 2.52. The fourth-order valence-corrected chi connectivity index (χ4v) is 1.42. The number of rotatable bonds is 1. The fourth-order valence-electron chi connectivity index (χ4n) is 1.06. The summed E-state index contributed by atoms with van der Waals surface area (Å²) in [6, 6.07) is 0. The van der Waals surface area contributed by atoms with Crippen LogP contribution in [0.15, 0.2) is 15.7 Å². The van der Waals surface area contributed by atoms with Gasteiger partial charge in [-0.3, -0.25) is 15.7 Å². The normalized spacial score (nSPS) is 27.2. The zero-order chi connectivity index (χ0) is 11.1. The number of allylic oxidation sites excluding steroid dienone is 2. The third-order valence-corrected chi connectivity index (χ3v) is 2.14. The molecule has 0 heterocycles. The summed E-state index contributed by atoms with van der Waals surface area (Å²) in [4.78, 5) is 2.96. The summed E-state index contributed by atoms with van der Waals surface area (Å²) in [5.41, 5.74) is -1.73. The van der Waals surface area contributed by atoms with E-state index in [2.05, 4.69) is 4.99 Å². The molecule has 0 unspecified atom stereocenters. The van der Waals surface area contributed by atoms with Crippen molar-refractivity contribution in [1.29, 1.82) is 0 Å². The van der Waals surface area contributed by atoms with Crippen molar-refractivity contribution in [3.63, 3.8) is 0 Å². The molecule has 1 aliphatic carbocycles. The van der Waals surface area contributed by atoms with Gasteiger partial charge in [0, 0.05) is 7.05 Å². The van der Waals surface area contributed by atoms with Crippen LogP contribution in [0.25, 0.3) is 0 Å². The first-order valence-electron chi connectivity index (χ1n) is 3.34. The van der Waals surface area contributed by atoms with Crippen molar-refractivity contribution in [1.82, 2.24) is 5.48 Å². The van der Waals surface area contributed by atoms with E-state index in [1.807, 2.05) is 0 Å². The molecule has 0 amide bonds. The minimum atomic E-state index is -4.58. The highest BCUT2D eigenvalue weighted by Gasteiger charge is 2.69. The molecule has 0 atom stereocenters. The Morgan fingerprint density at radius 3 is 2.00 bits per heavy atom. The number of alkyl halides is 4. The predicted molar refractivity (Wildman–Crippen MR) is 41.1 cm³/mol. The Balaban J connectivity index is 3.39. The molecule has 80 valence electrons. The second-order valence-corrected chi connectivity index (χ2v) is 2.90. The molecule has 0 radical (unpaired) electrons. The summed E-state index contributed by atoms with van der Waals surface area (Å²) >= 11 is 5.18. The highest BCUT2D eigenvalue weighted by atomic mass is 35.5. The molecule has 0 aliphatic heterocycles. The van der Waals surface area contributed by atoms with Gasteiger partial charge in [-0.1, -0.05) is 11.6 Å². The molecule has 0 aromatic heterocycles. The van der Waals surface area contributed by atoms with E-state index >= 15 is 0 Å². The van der Waals surface area contributed by atoms with Gasteiger partial charge in [0.2, 0.25) is 0 Å². The van der Waals surface area contributed by atoms with Crippen molar-refractivity contribution in [2.24, 2.45) is 4.99 Å². The predicted octanol–water partition coefficient (Wildman–Crippen LogP) is 1.77. The highest BCUT2D eigenvalue weighted by Crippen LogP contribution is 2.49. The highest BCUT2D eigenvalue weighted by molar-refractivity contribution is 6.46. The van der Waals surface area contributed by atoms with Crippen LogP contribution in [0.4, 0.5) is 17.6 Å². The Hall–Kier alpha value is -0.820. The van der Waals surface area contributed by atoms with E-state index in [4.69, 9.17) is 16.8 Å². The average molecular weight is 233 g/mol. The quantitative estimate of drug-likeness (QED) is 0.535. The summed E-state index contributed by atoms with van der Waals surface area (Å²) in [6.07, 6.45) is 0. The van der Waals surface area contributed by atoms with Crippen LogP contribution in [0.1, 0.15) is 0 Å². The first-order valence-corrected chi connectivity index (χ1v) is 3.72. The lowest BCUT2D eigenvalue weighted by Gasteiger charge is -2.20. The lowest BCUT2D eigenvalue weighted by Crippen LogP contribution is -2.44. The van der Waals surface area contributed by atoms with Crippen LogP contribution in [0.5, 0.6) is 0 Å². The van der Waals surface area contributed by atoms with Gasteiger partial charge in [-0.25, -0.2) is 0 Å². The maximum absolute atomic E-state index is 12.9. The third-order valence-electron chi connectivity index (χ3n) is 1.77. The number of hydrogen-bond donors (Lipinski definition) is 2. The Morgan fingerprint density at radius 2 is 1.79 bits per heavy atom. The Morgan fingerprint density at radius 1 is 1.29 bits per heavy atom. The van der Waals surface area contributed by atoms with E-state index in [1.165, 1.54) is 0 Å². The minimum absolute atomic E-state index is 0.905. The smallest absolute Gasteiger partial charge is 0.291 e. The molecule has 8 heteroatoms. The number of nitrogens with one attached hydrogen (secondary N) is 1. The van der Waals surface area contributed by atoms with Crippen molar-refractivity contribution < 1.29 is 22.8 Å². The van der Waals surface area contributed by atoms with Crippen molar-refractivity contribution in [3.8, 4) is 0 Å². The van der Waals surface area contributed by atoms with E-state index in [-0.39, 0.29) is 0 Å².